The molecule has 1 heterocycles. The van der Waals surface area contributed by atoms with Gasteiger partial charge in [0.2, 0.25) is 5.91 Å². The van der Waals surface area contributed by atoms with E-state index in [0.717, 1.165) is 11.8 Å². The fraction of sp³-hybridized carbons (Fsp3) is 0.217. The van der Waals surface area contributed by atoms with Crippen LogP contribution < -0.4 is 15.4 Å². The zero-order chi connectivity index (χ0) is 25.4. The van der Waals surface area contributed by atoms with E-state index in [9.17, 15) is 14.7 Å². The lowest BCUT2D eigenvalue weighted by molar-refractivity contribution is -0.113. The lowest BCUT2D eigenvalue weighted by Gasteiger charge is -2.17. The number of hydrogen-bond acceptors (Lipinski definition) is 7. The monoisotopic (exact) mass is 535 g/mol. The van der Waals surface area contributed by atoms with Gasteiger partial charge in [-0.3, -0.25) is 9.59 Å². The molecule has 1 aromatic heterocycles. The SMILES string of the molecule is C=CCn1c(SCC(=O)Nc2cc(Cl)cc(Cl)c2)nnc1C(CO)NC(=O)c1ccc(OC)cc1. The Morgan fingerprint density at radius 1 is 1.20 bits per heavy atom. The Morgan fingerprint density at radius 3 is 2.49 bits per heavy atom. The summed E-state index contributed by atoms with van der Waals surface area (Å²) in [6.07, 6.45) is 1.63. The number of amides is 2. The number of ether oxygens (including phenoxy) is 1. The molecule has 184 valence electrons. The van der Waals surface area contributed by atoms with Crippen molar-refractivity contribution in [1.82, 2.24) is 20.1 Å². The summed E-state index contributed by atoms with van der Waals surface area (Å²) in [5, 5.41) is 25.0. The van der Waals surface area contributed by atoms with Crippen LogP contribution >= 0.6 is 35.0 Å². The van der Waals surface area contributed by atoms with Gasteiger partial charge in [-0.05, 0) is 42.5 Å². The summed E-state index contributed by atoms with van der Waals surface area (Å²) in [7, 11) is 1.54. The Hall–Kier alpha value is -3.05. The van der Waals surface area contributed by atoms with E-state index < -0.39 is 18.6 Å². The zero-order valence-electron chi connectivity index (χ0n) is 18.7. The Morgan fingerprint density at radius 2 is 1.89 bits per heavy atom. The molecule has 0 spiro atoms. The molecule has 3 N–H and O–H groups in total. The Kier molecular flexibility index (Phi) is 9.55. The molecule has 0 saturated heterocycles. The quantitative estimate of drug-likeness (QED) is 0.251. The molecule has 2 aromatic carbocycles. The van der Waals surface area contributed by atoms with Gasteiger partial charge in [-0.2, -0.15) is 0 Å². The highest BCUT2D eigenvalue weighted by Crippen LogP contribution is 2.24. The second-order valence-electron chi connectivity index (χ2n) is 7.17. The highest BCUT2D eigenvalue weighted by molar-refractivity contribution is 7.99. The zero-order valence-corrected chi connectivity index (χ0v) is 21.0. The summed E-state index contributed by atoms with van der Waals surface area (Å²) in [5.74, 6) is 0.290. The van der Waals surface area contributed by atoms with Gasteiger partial charge in [-0.1, -0.05) is 41.0 Å². The number of benzene rings is 2. The molecule has 1 atom stereocenters. The van der Waals surface area contributed by atoms with Crippen molar-refractivity contribution in [2.75, 3.05) is 24.8 Å². The molecule has 0 saturated carbocycles. The Balaban J connectivity index is 1.70. The van der Waals surface area contributed by atoms with E-state index in [1.807, 2.05) is 0 Å². The summed E-state index contributed by atoms with van der Waals surface area (Å²) in [6.45, 7) is 3.65. The summed E-state index contributed by atoms with van der Waals surface area (Å²) in [5.41, 5.74) is 0.870. The third kappa shape index (κ3) is 7.22. The molecule has 1 unspecified atom stereocenters. The molecule has 0 aliphatic rings. The van der Waals surface area contributed by atoms with Crippen molar-refractivity contribution >= 4 is 52.5 Å². The number of allylic oxidation sites excluding steroid dienone is 1. The first-order valence-corrected chi connectivity index (χ1v) is 12.1. The largest absolute Gasteiger partial charge is 0.497 e. The van der Waals surface area contributed by atoms with Crippen molar-refractivity contribution in [2.45, 2.75) is 17.7 Å². The molecule has 0 bridgehead atoms. The van der Waals surface area contributed by atoms with E-state index in [1.165, 1.54) is 7.11 Å². The lowest BCUT2D eigenvalue weighted by atomic mass is 10.2. The van der Waals surface area contributed by atoms with Gasteiger partial charge in [0.15, 0.2) is 11.0 Å². The van der Waals surface area contributed by atoms with E-state index >= 15 is 0 Å². The highest BCUT2D eigenvalue weighted by Gasteiger charge is 2.23. The van der Waals surface area contributed by atoms with Gasteiger partial charge in [-0.25, -0.2) is 0 Å². The van der Waals surface area contributed by atoms with Crippen LogP contribution in [0.3, 0.4) is 0 Å². The van der Waals surface area contributed by atoms with Crippen LogP contribution in [0.5, 0.6) is 5.75 Å². The fourth-order valence-corrected chi connectivity index (χ4v) is 4.38. The van der Waals surface area contributed by atoms with Gasteiger partial charge in [-0.15, -0.1) is 16.8 Å². The molecule has 0 radical (unpaired) electrons. The van der Waals surface area contributed by atoms with Crippen LogP contribution in [0.15, 0.2) is 60.3 Å². The maximum absolute atomic E-state index is 12.7. The summed E-state index contributed by atoms with van der Waals surface area (Å²) in [6, 6.07) is 10.5. The molecule has 2 amide bonds. The van der Waals surface area contributed by atoms with Crippen molar-refractivity contribution in [2.24, 2.45) is 0 Å². The third-order valence-electron chi connectivity index (χ3n) is 4.69. The number of carbonyl (C=O) groups excluding carboxylic acids is 2. The summed E-state index contributed by atoms with van der Waals surface area (Å²) in [4.78, 5) is 25.1. The smallest absolute Gasteiger partial charge is 0.251 e. The van der Waals surface area contributed by atoms with E-state index in [4.69, 9.17) is 27.9 Å². The van der Waals surface area contributed by atoms with Crippen LogP contribution in [-0.2, 0) is 11.3 Å². The summed E-state index contributed by atoms with van der Waals surface area (Å²) < 4.78 is 6.78. The van der Waals surface area contributed by atoms with E-state index in [2.05, 4.69) is 27.4 Å². The van der Waals surface area contributed by atoms with Crippen molar-refractivity contribution < 1.29 is 19.4 Å². The second kappa shape index (κ2) is 12.6. The Bertz CT molecular complexity index is 1180. The maximum Gasteiger partial charge on any atom is 0.251 e. The minimum absolute atomic E-state index is 0.0292. The molecule has 0 fully saturated rings. The highest BCUT2D eigenvalue weighted by atomic mass is 35.5. The number of aliphatic hydroxyl groups excluding tert-OH is 1. The molecule has 0 aliphatic carbocycles. The molecule has 0 aliphatic heterocycles. The van der Waals surface area contributed by atoms with Crippen LogP contribution in [0.4, 0.5) is 5.69 Å². The van der Waals surface area contributed by atoms with Gasteiger partial charge in [0.05, 0.1) is 19.5 Å². The third-order valence-corrected chi connectivity index (χ3v) is 6.09. The average molecular weight is 536 g/mol. The first-order valence-electron chi connectivity index (χ1n) is 10.3. The number of hydrogen-bond donors (Lipinski definition) is 3. The van der Waals surface area contributed by atoms with Crippen molar-refractivity contribution in [3.05, 3.63) is 76.6 Å². The van der Waals surface area contributed by atoms with Crippen LogP contribution in [0.25, 0.3) is 0 Å². The fourth-order valence-electron chi connectivity index (χ4n) is 3.09. The van der Waals surface area contributed by atoms with Crippen LogP contribution in [-0.4, -0.2) is 51.2 Å². The van der Waals surface area contributed by atoms with Crippen molar-refractivity contribution in [1.29, 1.82) is 0 Å². The lowest BCUT2D eigenvalue weighted by Crippen LogP contribution is -2.33. The number of methoxy groups -OCH3 is 1. The van der Waals surface area contributed by atoms with Gasteiger partial charge in [0, 0.05) is 27.8 Å². The number of nitrogens with zero attached hydrogens (tertiary/aromatic N) is 3. The number of carbonyl (C=O) groups is 2. The van der Waals surface area contributed by atoms with Crippen LogP contribution in [0, 0.1) is 0 Å². The first kappa shape index (κ1) is 26.6. The number of aliphatic hydroxyl groups is 1. The summed E-state index contributed by atoms with van der Waals surface area (Å²) >= 11 is 13.1. The standard InChI is InChI=1S/C23H23Cl2N5O4S/c1-3-8-30-21(19(12-31)27-22(33)14-4-6-18(34-2)7-5-14)28-29-23(30)35-13-20(32)26-17-10-15(24)9-16(25)11-17/h3-7,9-11,19,31H,1,8,12-13H2,2H3,(H,26,32)(H,27,33). The van der Waals surface area contributed by atoms with Crippen molar-refractivity contribution in [3.8, 4) is 5.75 Å². The van der Waals surface area contributed by atoms with Crippen LogP contribution in [0.2, 0.25) is 10.0 Å². The number of aromatic nitrogens is 3. The topological polar surface area (TPSA) is 118 Å². The normalized spacial score (nSPS) is 11.5. The van der Waals surface area contributed by atoms with E-state index in [-0.39, 0.29) is 11.7 Å². The molecule has 9 nitrogen and oxygen atoms in total. The number of thioether (sulfide) groups is 1. The molecular formula is C23H23Cl2N5O4S. The van der Waals surface area contributed by atoms with Crippen molar-refractivity contribution in [3.63, 3.8) is 0 Å². The minimum atomic E-state index is -0.825. The average Bonchev–Trinajstić information content (AvgIpc) is 3.23. The molecule has 12 heteroatoms. The maximum atomic E-state index is 12.7. The molecular weight excluding hydrogens is 513 g/mol. The predicted octanol–water partition coefficient (Wildman–Crippen LogP) is 3.97. The second-order valence-corrected chi connectivity index (χ2v) is 8.99. The molecule has 35 heavy (non-hydrogen) atoms. The number of rotatable bonds is 11. The van der Waals surface area contributed by atoms with E-state index in [1.54, 1.807) is 53.1 Å². The number of halogens is 2. The van der Waals surface area contributed by atoms with Crippen LogP contribution in [0.1, 0.15) is 22.2 Å². The minimum Gasteiger partial charge on any atom is -0.497 e. The number of anilines is 1. The Labute approximate surface area is 216 Å². The van der Waals surface area contributed by atoms with Gasteiger partial charge in [0.1, 0.15) is 11.8 Å². The first-order chi connectivity index (χ1) is 16.8. The predicted molar refractivity (Wildman–Crippen MR) is 136 cm³/mol. The van der Waals surface area contributed by atoms with E-state index in [0.29, 0.717) is 44.6 Å². The molecule has 3 rings (SSSR count). The van der Waals surface area contributed by atoms with Gasteiger partial charge >= 0.3 is 0 Å². The van der Waals surface area contributed by atoms with Gasteiger partial charge in [0.25, 0.3) is 5.91 Å². The number of nitrogens with one attached hydrogen (secondary N) is 2. The molecule has 3 aromatic rings. The van der Waals surface area contributed by atoms with Gasteiger partial charge < -0.3 is 25.0 Å².